The first kappa shape index (κ1) is 13.7. The number of hydrogen-bond acceptors (Lipinski definition) is 3. The average molecular weight is 233 g/mol. The Bertz CT molecular complexity index is 332. The molecule has 0 saturated carbocycles. The SMILES string of the molecule is C=CCN(CCC)c1ccc(C(C)NC)nc1. The minimum absolute atomic E-state index is 0.295. The maximum atomic E-state index is 4.50. The first-order chi connectivity index (χ1) is 8.22. The minimum atomic E-state index is 0.295. The largest absolute Gasteiger partial charge is 0.367 e. The molecule has 1 aromatic rings. The van der Waals surface area contributed by atoms with Crippen LogP contribution in [0.1, 0.15) is 32.0 Å². The van der Waals surface area contributed by atoms with Gasteiger partial charge >= 0.3 is 0 Å². The van der Waals surface area contributed by atoms with Crippen LogP contribution in [-0.4, -0.2) is 25.1 Å². The molecule has 0 aromatic carbocycles. The molecular weight excluding hydrogens is 210 g/mol. The summed E-state index contributed by atoms with van der Waals surface area (Å²) in [7, 11) is 1.95. The van der Waals surface area contributed by atoms with Crippen LogP contribution in [0.5, 0.6) is 0 Å². The van der Waals surface area contributed by atoms with E-state index in [2.05, 4.69) is 47.8 Å². The molecule has 0 bridgehead atoms. The topological polar surface area (TPSA) is 28.2 Å². The molecular formula is C14H23N3. The minimum Gasteiger partial charge on any atom is -0.367 e. The van der Waals surface area contributed by atoms with Gasteiger partial charge < -0.3 is 10.2 Å². The summed E-state index contributed by atoms with van der Waals surface area (Å²) in [5.41, 5.74) is 2.24. The zero-order valence-electron chi connectivity index (χ0n) is 11.1. The van der Waals surface area contributed by atoms with Crippen LogP contribution in [-0.2, 0) is 0 Å². The Morgan fingerprint density at radius 3 is 2.76 bits per heavy atom. The number of anilines is 1. The molecule has 1 aromatic heterocycles. The second-order valence-electron chi connectivity index (χ2n) is 4.19. The maximum Gasteiger partial charge on any atom is 0.0571 e. The Kier molecular flexibility index (Phi) is 5.70. The van der Waals surface area contributed by atoms with Crippen molar-refractivity contribution in [3.8, 4) is 0 Å². The van der Waals surface area contributed by atoms with E-state index in [1.54, 1.807) is 0 Å². The predicted molar refractivity (Wildman–Crippen MR) is 74.4 cm³/mol. The Morgan fingerprint density at radius 1 is 1.53 bits per heavy atom. The molecule has 1 atom stereocenters. The van der Waals surface area contributed by atoms with Crippen molar-refractivity contribution in [1.29, 1.82) is 0 Å². The Labute approximate surface area is 105 Å². The lowest BCUT2D eigenvalue weighted by Crippen LogP contribution is -2.24. The first-order valence-corrected chi connectivity index (χ1v) is 6.22. The third kappa shape index (κ3) is 3.86. The Balaban J connectivity index is 2.79. The third-order valence-corrected chi connectivity index (χ3v) is 2.86. The van der Waals surface area contributed by atoms with Crippen molar-refractivity contribution >= 4 is 5.69 Å². The van der Waals surface area contributed by atoms with E-state index in [1.807, 2.05) is 19.3 Å². The number of nitrogens with zero attached hydrogens (tertiary/aromatic N) is 2. The second-order valence-corrected chi connectivity index (χ2v) is 4.19. The van der Waals surface area contributed by atoms with E-state index < -0.39 is 0 Å². The van der Waals surface area contributed by atoms with Gasteiger partial charge in [-0.2, -0.15) is 0 Å². The Hall–Kier alpha value is -1.35. The highest BCUT2D eigenvalue weighted by Gasteiger charge is 2.07. The van der Waals surface area contributed by atoms with Gasteiger partial charge in [-0.1, -0.05) is 13.0 Å². The van der Waals surface area contributed by atoms with Crippen LogP contribution >= 0.6 is 0 Å². The van der Waals surface area contributed by atoms with Crippen LogP contribution in [0.3, 0.4) is 0 Å². The van der Waals surface area contributed by atoms with Gasteiger partial charge in [-0.25, -0.2) is 0 Å². The number of aromatic nitrogens is 1. The molecule has 0 aliphatic carbocycles. The van der Waals surface area contributed by atoms with Crippen molar-refractivity contribution < 1.29 is 0 Å². The van der Waals surface area contributed by atoms with Gasteiger partial charge in [-0.3, -0.25) is 4.98 Å². The van der Waals surface area contributed by atoms with Gasteiger partial charge in [0, 0.05) is 19.1 Å². The summed E-state index contributed by atoms with van der Waals surface area (Å²) in [5.74, 6) is 0. The number of nitrogens with one attached hydrogen (secondary N) is 1. The van der Waals surface area contributed by atoms with Crippen molar-refractivity contribution in [2.45, 2.75) is 26.3 Å². The number of rotatable bonds is 7. The predicted octanol–water partition coefficient (Wildman–Crippen LogP) is 2.76. The zero-order chi connectivity index (χ0) is 12.7. The zero-order valence-corrected chi connectivity index (χ0v) is 11.1. The fourth-order valence-electron chi connectivity index (χ4n) is 1.74. The van der Waals surface area contributed by atoms with Gasteiger partial charge in [0.2, 0.25) is 0 Å². The first-order valence-electron chi connectivity index (χ1n) is 6.22. The van der Waals surface area contributed by atoms with Gasteiger partial charge in [-0.15, -0.1) is 6.58 Å². The summed E-state index contributed by atoms with van der Waals surface area (Å²) in [4.78, 5) is 6.78. The van der Waals surface area contributed by atoms with Crippen molar-refractivity contribution in [3.63, 3.8) is 0 Å². The van der Waals surface area contributed by atoms with Crippen LogP contribution in [0.15, 0.2) is 31.0 Å². The third-order valence-electron chi connectivity index (χ3n) is 2.86. The summed E-state index contributed by atoms with van der Waals surface area (Å²) in [6.07, 6.45) is 5.00. The average Bonchev–Trinajstić information content (AvgIpc) is 2.38. The lowest BCUT2D eigenvalue weighted by Gasteiger charge is -2.22. The molecule has 1 N–H and O–H groups in total. The normalized spacial score (nSPS) is 12.2. The van der Waals surface area contributed by atoms with E-state index in [-0.39, 0.29) is 0 Å². The summed E-state index contributed by atoms with van der Waals surface area (Å²) >= 11 is 0. The standard InChI is InChI=1S/C14H23N3/c1-5-9-17(10-6-2)13-7-8-14(16-11-13)12(3)15-4/h5,7-8,11-12,15H,1,6,9-10H2,2-4H3. The van der Waals surface area contributed by atoms with Crippen molar-refractivity contribution in [1.82, 2.24) is 10.3 Å². The molecule has 1 rings (SSSR count). The quantitative estimate of drug-likeness (QED) is 0.734. The molecule has 94 valence electrons. The molecule has 0 radical (unpaired) electrons. The molecule has 0 saturated heterocycles. The summed E-state index contributed by atoms with van der Waals surface area (Å²) in [6, 6.07) is 4.51. The molecule has 3 nitrogen and oxygen atoms in total. The van der Waals surface area contributed by atoms with E-state index in [9.17, 15) is 0 Å². The highest BCUT2D eigenvalue weighted by atomic mass is 15.1. The fraction of sp³-hybridized carbons (Fsp3) is 0.500. The smallest absolute Gasteiger partial charge is 0.0571 e. The summed E-state index contributed by atoms with van der Waals surface area (Å²) in [6.45, 7) is 9.99. The lowest BCUT2D eigenvalue weighted by atomic mass is 10.2. The summed E-state index contributed by atoms with van der Waals surface area (Å²) in [5, 5.41) is 3.19. The fourth-order valence-corrected chi connectivity index (χ4v) is 1.74. The number of hydrogen-bond donors (Lipinski definition) is 1. The molecule has 1 heterocycles. The van der Waals surface area contributed by atoms with Crippen LogP contribution in [0.2, 0.25) is 0 Å². The molecule has 0 aliphatic heterocycles. The lowest BCUT2D eigenvalue weighted by molar-refractivity contribution is 0.632. The number of pyridine rings is 1. The van der Waals surface area contributed by atoms with Crippen LogP contribution in [0.25, 0.3) is 0 Å². The molecule has 17 heavy (non-hydrogen) atoms. The van der Waals surface area contributed by atoms with Crippen molar-refractivity contribution in [2.24, 2.45) is 0 Å². The molecule has 3 heteroatoms. The summed E-state index contributed by atoms with van der Waals surface area (Å²) < 4.78 is 0. The maximum absolute atomic E-state index is 4.50. The van der Waals surface area contributed by atoms with Crippen molar-refractivity contribution in [2.75, 3.05) is 25.0 Å². The molecule has 1 unspecified atom stereocenters. The van der Waals surface area contributed by atoms with Gasteiger partial charge in [0.05, 0.1) is 17.6 Å². The Morgan fingerprint density at radius 2 is 2.29 bits per heavy atom. The van der Waals surface area contributed by atoms with Gasteiger partial charge in [0.25, 0.3) is 0 Å². The van der Waals surface area contributed by atoms with Crippen LogP contribution < -0.4 is 10.2 Å². The molecule has 0 fully saturated rings. The molecule has 0 amide bonds. The van der Waals surface area contributed by atoms with Crippen molar-refractivity contribution in [3.05, 3.63) is 36.7 Å². The molecule has 0 spiro atoms. The van der Waals surface area contributed by atoms with E-state index >= 15 is 0 Å². The van der Waals surface area contributed by atoms with Gasteiger partial charge in [0.15, 0.2) is 0 Å². The molecule has 0 aliphatic rings. The monoisotopic (exact) mass is 233 g/mol. The van der Waals surface area contributed by atoms with E-state index in [0.717, 1.165) is 25.2 Å². The van der Waals surface area contributed by atoms with Crippen LogP contribution in [0, 0.1) is 0 Å². The van der Waals surface area contributed by atoms with E-state index in [1.165, 1.54) is 5.69 Å². The highest BCUT2D eigenvalue weighted by Crippen LogP contribution is 2.16. The van der Waals surface area contributed by atoms with Crippen LogP contribution in [0.4, 0.5) is 5.69 Å². The second kappa shape index (κ2) is 7.07. The van der Waals surface area contributed by atoms with E-state index in [4.69, 9.17) is 0 Å². The van der Waals surface area contributed by atoms with Gasteiger partial charge in [0.1, 0.15) is 0 Å². The van der Waals surface area contributed by atoms with E-state index in [0.29, 0.717) is 6.04 Å². The highest BCUT2D eigenvalue weighted by molar-refractivity contribution is 5.45. The van der Waals surface area contributed by atoms with Gasteiger partial charge in [-0.05, 0) is 32.5 Å².